The Morgan fingerprint density at radius 1 is 0.290 bits per heavy atom. The van der Waals surface area contributed by atoms with E-state index in [1.807, 2.05) is 0 Å². The molecule has 0 aliphatic carbocycles. The molecule has 12 aromatic rings. The van der Waals surface area contributed by atoms with Crippen molar-refractivity contribution in [1.82, 2.24) is 19.1 Å². The van der Waals surface area contributed by atoms with Crippen LogP contribution in [0.1, 0.15) is 0 Å². The Kier molecular flexibility index (Phi) is 8.46. The lowest BCUT2D eigenvalue weighted by atomic mass is 9.95. The second-order valence-corrected chi connectivity index (χ2v) is 15.8. The maximum Gasteiger partial charge on any atom is 0.162 e. The molecule has 12 rings (SSSR count). The summed E-state index contributed by atoms with van der Waals surface area (Å²) in [5, 5.41) is 4.56. The SMILES string of the molecule is c1ccc(-c2cccc(-c3nc(-c4cccc(-c5cccc6c5c5cc(-c7ccccc7)ccc5n6-c5ccccc5)c4)c4c5ccccc5n(-c5ccccc5)c4n3)c2)cc1. The zero-order valence-electron chi connectivity index (χ0n) is 33.7. The monoisotopic (exact) mass is 790 g/mol. The van der Waals surface area contributed by atoms with Gasteiger partial charge in [-0.15, -0.1) is 0 Å². The first kappa shape index (κ1) is 35.6. The summed E-state index contributed by atoms with van der Waals surface area (Å²) in [6.45, 7) is 0. The molecule has 0 amide bonds. The number of hydrogen-bond acceptors (Lipinski definition) is 2. The van der Waals surface area contributed by atoms with Crippen molar-refractivity contribution in [3.63, 3.8) is 0 Å². The molecule has 0 bridgehead atoms. The van der Waals surface area contributed by atoms with Gasteiger partial charge in [0.1, 0.15) is 5.65 Å². The Hall–Kier alpha value is -8.34. The van der Waals surface area contributed by atoms with Gasteiger partial charge in [-0.25, -0.2) is 9.97 Å². The summed E-state index contributed by atoms with van der Waals surface area (Å²) in [5.74, 6) is 0.678. The van der Waals surface area contributed by atoms with Crippen molar-refractivity contribution in [2.45, 2.75) is 0 Å². The van der Waals surface area contributed by atoms with E-state index >= 15 is 0 Å². The average molecular weight is 791 g/mol. The van der Waals surface area contributed by atoms with E-state index in [0.717, 1.165) is 72.3 Å². The molecule has 0 N–H and O–H groups in total. The standard InChI is InChI=1S/C58H38N4/c1-5-18-39(19-6-1)41-22-15-25-45(36-41)57-59-56(55-49-30-13-14-32-51(49)62(58(55)60-57)47-28-11-4-12-29-47)44-24-16-23-43(37-44)48-31-17-33-53-54(48)50-38-42(40-20-7-2-8-21-40)34-35-52(50)61(53)46-26-9-3-10-27-46/h1-38H. The van der Waals surface area contributed by atoms with Gasteiger partial charge in [-0.2, -0.15) is 0 Å². The maximum absolute atomic E-state index is 5.54. The van der Waals surface area contributed by atoms with Crippen molar-refractivity contribution in [1.29, 1.82) is 0 Å². The first-order valence-electron chi connectivity index (χ1n) is 21.1. The Morgan fingerprint density at radius 3 is 1.53 bits per heavy atom. The summed E-state index contributed by atoms with van der Waals surface area (Å²) < 4.78 is 4.68. The highest BCUT2D eigenvalue weighted by molar-refractivity contribution is 6.17. The Labute approximate surface area is 359 Å². The molecule has 0 unspecified atom stereocenters. The number of hydrogen-bond donors (Lipinski definition) is 0. The maximum atomic E-state index is 5.54. The quantitative estimate of drug-likeness (QED) is 0.161. The molecule has 0 spiro atoms. The molecular weight excluding hydrogens is 753 g/mol. The average Bonchev–Trinajstić information content (AvgIpc) is 3.87. The minimum Gasteiger partial charge on any atom is -0.309 e. The third-order valence-electron chi connectivity index (χ3n) is 12.1. The topological polar surface area (TPSA) is 35.6 Å². The fraction of sp³-hybridized carbons (Fsp3) is 0. The van der Waals surface area contributed by atoms with Gasteiger partial charge in [0.2, 0.25) is 0 Å². The number of nitrogens with zero attached hydrogens (tertiary/aromatic N) is 4. The zero-order chi connectivity index (χ0) is 41.0. The molecule has 0 fully saturated rings. The molecule has 9 aromatic carbocycles. The van der Waals surface area contributed by atoms with E-state index in [9.17, 15) is 0 Å². The van der Waals surface area contributed by atoms with Gasteiger partial charge in [-0.05, 0) is 94.0 Å². The number of para-hydroxylation sites is 3. The predicted octanol–water partition coefficient (Wildman–Crippen LogP) is 15.0. The third-order valence-corrected chi connectivity index (χ3v) is 12.1. The van der Waals surface area contributed by atoms with Gasteiger partial charge >= 0.3 is 0 Å². The first-order chi connectivity index (χ1) is 30.8. The Bertz CT molecular complexity index is 3610. The smallest absolute Gasteiger partial charge is 0.162 e. The minimum absolute atomic E-state index is 0.678. The molecule has 3 heterocycles. The molecule has 0 atom stereocenters. The molecule has 0 aliphatic heterocycles. The molecule has 3 aromatic heterocycles. The summed E-state index contributed by atoms with van der Waals surface area (Å²) >= 11 is 0. The molecule has 4 heteroatoms. The van der Waals surface area contributed by atoms with Gasteiger partial charge in [0.05, 0.1) is 27.6 Å². The van der Waals surface area contributed by atoms with Gasteiger partial charge in [-0.3, -0.25) is 4.57 Å². The van der Waals surface area contributed by atoms with Gasteiger partial charge in [0, 0.05) is 38.7 Å². The lowest BCUT2D eigenvalue weighted by Gasteiger charge is -2.12. The number of benzene rings is 9. The van der Waals surface area contributed by atoms with Crippen LogP contribution >= 0.6 is 0 Å². The van der Waals surface area contributed by atoms with Crippen molar-refractivity contribution in [3.8, 4) is 67.4 Å². The number of fused-ring (bicyclic) bond motifs is 6. The Balaban J connectivity index is 1.12. The third kappa shape index (κ3) is 5.92. The van der Waals surface area contributed by atoms with E-state index in [1.54, 1.807) is 0 Å². The van der Waals surface area contributed by atoms with Crippen LogP contribution in [-0.4, -0.2) is 19.1 Å². The van der Waals surface area contributed by atoms with E-state index < -0.39 is 0 Å². The Morgan fingerprint density at radius 2 is 0.806 bits per heavy atom. The van der Waals surface area contributed by atoms with Crippen LogP contribution in [0.15, 0.2) is 231 Å². The van der Waals surface area contributed by atoms with Crippen molar-refractivity contribution in [2.24, 2.45) is 0 Å². The van der Waals surface area contributed by atoms with Crippen LogP contribution in [0.3, 0.4) is 0 Å². The van der Waals surface area contributed by atoms with Crippen molar-refractivity contribution < 1.29 is 0 Å². The van der Waals surface area contributed by atoms with Crippen LogP contribution in [0.4, 0.5) is 0 Å². The van der Waals surface area contributed by atoms with Crippen molar-refractivity contribution in [2.75, 3.05) is 0 Å². The van der Waals surface area contributed by atoms with E-state index in [1.165, 1.54) is 33.0 Å². The van der Waals surface area contributed by atoms with Crippen LogP contribution in [0.5, 0.6) is 0 Å². The molecular formula is C58H38N4. The molecule has 290 valence electrons. The summed E-state index contributed by atoms with van der Waals surface area (Å²) in [4.78, 5) is 11.0. The first-order valence-corrected chi connectivity index (χ1v) is 21.1. The largest absolute Gasteiger partial charge is 0.309 e. The summed E-state index contributed by atoms with van der Waals surface area (Å²) in [6, 6.07) is 82.1. The van der Waals surface area contributed by atoms with Gasteiger partial charge in [-0.1, -0.05) is 170 Å². The second-order valence-electron chi connectivity index (χ2n) is 15.8. The molecule has 62 heavy (non-hydrogen) atoms. The molecule has 0 saturated carbocycles. The van der Waals surface area contributed by atoms with E-state index in [0.29, 0.717) is 5.82 Å². The summed E-state index contributed by atoms with van der Waals surface area (Å²) in [5.41, 5.74) is 16.3. The lowest BCUT2D eigenvalue weighted by molar-refractivity contribution is 1.11. The zero-order valence-corrected chi connectivity index (χ0v) is 33.7. The fourth-order valence-corrected chi connectivity index (χ4v) is 9.31. The highest BCUT2D eigenvalue weighted by atomic mass is 15.1. The summed E-state index contributed by atoms with van der Waals surface area (Å²) in [7, 11) is 0. The number of rotatable bonds is 7. The van der Waals surface area contributed by atoms with Crippen LogP contribution in [0.25, 0.3) is 111 Å². The number of aromatic nitrogens is 4. The normalized spacial score (nSPS) is 11.5. The van der Waals surface area contributed by atoms with Crippen LogP contribution < -0.4 is 0 Å². The predicted molar refractivity (Wildman–Crippen MR) is 258 cm³/mol. The van der Waals surface area contributed by atoms with Gasteiger partial charge in [0.15, 0.2) is 5.82 Å². The van der Waals surface area contributed by atoms with E-state index in [4.69, 9.17) is 9.97 Å². The molecule has 0 saturated heterocycles. The summed E-state index contributed by atoms with van der Waals surface area (Å²) in [6.07, 6.45) is 0. The highest BCUT2D eigenvalue weighted by Gasteiger charge is 2.22. The van der Waals surface area contributed by atoms with Crippen LogP contribution in [0, 0.1) is 0 Å². The highest BCUT2D eigenvalue weighted by Crippen LogP contribution is 2.43. The van der Waals surface area contributed by atoms with Gasteiger partial charge in [0.25, 0.3) is 0 Å². The molecule has 4 nitrogen and oxygen atoms in total. The van der Waals surface area contributed by atoms with E-state index in [2.05, 4.69) is 240 Å². The molecule has 0 aliphatic rings. The van der Waals surface area contributed by atoms with Gasteiger partial charge < -0.3 is 4.57 Å². The van der Waals surface area contributed by atoms with Crippen molar-refractivity contribution in [3.05, 3.63) is 231 Å². The second kappa shape index (κ2) is 14.7. The van der Waals surface area contributed by atoms with E-state index in [-0.39, 0.29) is 0 Å². The van der Waals surface area contributed by atoms with Crippen LogP contribution in [0.2, 0.25) is 0 Å². The molecule has 0 radical (unpaired) electrons. The lowest BCUT2D eigenvalue weighted by Crippen LogP contribution is -1.99. The minimum atomic E-state index is 0.678. The van der Waals surface area contributed by atoms with Crippen molar-refractivity contribution >= 4 is 43.7 Å². The van der Waals surface area contributed by atoms with Crippen LogP contribution in [-0.2, 0) is 0 Å². The fourth-order valence-electron chi connectivity index (χ4n) is 9.31.